The number of nitrogen functional groups attached to an aromatic ring is 1. The van der Waals surface area contributed by atoms with E-state index in [-0.39, 0.29) is 10.9 Å². The average Bonchev–Trinajstić information content (AvgIpc) is 2.39. The van der Waals surface area contributed by atoms with Gasteiger partial charge in [0.2, 0.25) is 10.0 Å². The first-order valence-corrected chi connectivity index (χ1v) is 7.45. The van der Waals surface area contributed by atoms with Crippen molar-refractivity contribution in [3.63, 3.8) is 0 Å². The summed E-state index contributed by atoms with van der Waals surface area (Å²) in [4.78, 5) is 3.99. The Kier molecular flexibility index (Phi) is 6.16. The fourth-order valence-corrected chi connectivity index (χ4v) is 2.94. The predicted molar refractivity (Wildman–Crippen MR) is 72.9 cm³/mol. The first-order chi connectivity index (χ1) is 9.03. The topological polar surface area (TPSA) is 106 Å². The van der Waals surface area contributed by atoms with E-state index in [0.29, 0.717) is 18.8 Å². The molecule has 0 amide bonds. The molecule has 0 aliphatic rings. The molecule has 19 heavy (non-hydrogen) atoms. The Bertz CT molecular complexity index is 486. The summed E-state index contributed by atoms with van der Waals surface area (Å²) in [5.41, 5.74) is 2.32. The first-order valence-electron chi connectivity index (χ1n) is 5.97. The highest BCUT2D eigenvalue weighted by molar-refractivity contribution is 7.89. The number of nitrogens with zero attached hydrogens (tertiary/aromatic N) is 1. The molecule has 0 aliphatic carbocycles. The van der Waals surface area contributed by atoms with E-state index in [1.807, 2.05) is 6.92 Å². The Labute approximate surface area is 113 Å². The van der Waals surface area contributed by atoms with E-state index in [0.717, 1.165) is 6.42 Å². The van der Waals surface area contributed by atoms with Crippen LogP contribution in [0.3, 0.4) is 0 Å². The fraction of sp³-hybridized carbons (Fsp3) is 0.545. The van der Waals surface area contributed by atoms with Crippen LogP contribution in [0, 0.1) is 0 Å². The standard InChI is InChI=1S/C11H20N4O3S/c1-3-4-9(8-18-2)15-19(16,17)10-5-6-13-11(7-10)14-12/h5-7,9,15H,3-4,8,12H2,1-2H3,(H,13,14). The van der Waals surface area contributed by atoms with Gasteiger partial charge in [-0.1, -0.05) is 13.3 Å². The molecule has 1 aromatic heterocycles. The third-order valence-corrected chi connectivity index (χ3v) is 4.03. The maximum absolute atomic E-state index is 12.2. The van der Waals surface area contributed by atoms with Crippen LogP contribution >= 0.6 is 0 Å². The van der Waals surface area contributed by atoms with Gasteiger partial charge in [0.1, 0.15) is 5.82 Å². The van der Waals surface area contributed by atoms with Gasteiger partial charge < -0.3 is 10.2 Å². The number of ether oxygens (including phenoxy) is 1. The van der Waals surface area contributed by atoms with Crippen molar-refractivity contribution in [2.24, 2.45) is 5.84 Å². The molecule has 0 bridgehead atoms. The van der Waals surface area contributed by atoms with E-state index in [1.54, 1.807) is 7.11 Å². The molecule has 1 rings (SSSR count). The van der Waals surface area contributed by atoms with Gasteiger partial charge in [0.05, 0.1) is 11.5 Å². The number of hydrogen-bond acceptors (Lipinski definition) is 6. The number of anilines is 1. The Morgan fingerprint density at radius 2 is 2.26 bits per heavy atom. The van der Waals surface area contributed by atoms with Crippen molar-refractivity contribution in [3.05, 3.63) is 18.3 Å². The monoisotopic (exact) mass is 288 g/mol. The molecule has 4 N–H and O–H groups in total. The lowest BCUT2D eigenvalue weighted by Crippen LogP contribution is -2.37. The molecule has 0 saturated heterocycles. The molecule has 0 spiro atoms. The van der Waals surface area contributed by atoms with Crippen molar-refractivity contribution < 1.29 is 13.2 Å². The highest BCUT2D eigenvalue weighted by Gasteiger charge is 2.20. The van der Waals surface area contributed by atoms with Gasteiger partial charge in [0, 0.05) is 25.4 Å². The molecule has 1 unspecified atom stereocenters. The second-order valence-corrected chi connectivity index (χ2v) is 5.80. The van der Waals surface area contributed by atoms with Crippen LogP contribution < -0.4 is 16.0 Å². The summed E-state index contributed by atoms with van der Waals surface area (Å²) in [6, 6.07) is 2.54. The van der Waals surface area contributed by atoms with Crippen LogP contribution in [0.15, 0.2) is 23.2 Å². The number of nitrogens with two attached hydrogens (primary N) is 1. The van der Waals surface area contributed by atoms with Gasteiger partial charge in [0.25, 0.3) is 0 Å². The van der Waals surface area contributed by atoms with Gasteiger partial charge in [-0.2, -0.15) is 0 Å². The highest BCUT2D eigenvalue weighted by atomic mass is 32.2. The number of hydrazine groups is 1. The fourth-order valence-electron chi connectivity index (χ4n) is 1.67. The smallest absolute Gasteiger partial charge is 0.241 e. The summed E-state index contributed by atoms with van der Waals surface area (Å²) < 4.78 is 32.0. The molecule has 0 fully saturated rings. The van der Waals surface area contributed by atoms with E-state index in [9.17, 15) is 8.42 Å². The van der Waals surface area contributed by atoms with E-state index in [2.05, 4.69) is 15.1 Å². The molecule has 1 heterocycles. The summed E-state index contributed by atoms with van der Waals surface area (Å²) in [6.45, 7) is 2.32. The molecule has 108 valence electrons. The zero-order chi connectivity index (χ0) is 14.3. The SMILES string of the molecule is CCCC(COC)NS(=O)(=O)c1ccnc(NN)c1. The molecule has 1 atom stereocenters. The van der Waals surface area contributed by atoms with Crippen LogP contribution in [0.5, 0.6) is 0 Å². The number of rotatable bonds is 8. The summed E-state index contributed by atoms with van der Waals surface area (Å²) in [5, 5.41) is 0. The Morgan fingerprint density at radius 1 is 1.53 bits per heavy atom. The van der Waals surface area contributed by atoms with Gasteiger partial charge in [0.15, 0.2) is 0 Å². The largest absolute Gasteiger partial charge is 0.383 e. The van der Waals surface area contributed by atoms with Crippen molar-refractivity contribution in [1.29, 1.82) is 0 Å². The molecule has 1 aromatic rings. The molecule has 8 heteroatoms. The predicted octanol–water partition coefficient (Wildman–Crippen LogP) is 0.461. The van der Waals surface area contributed by atoms with Crippen molar-refractivity contribution >= 4 is 15.8 Å². The number of aromatic nitrogens is 1. The van der Waals surface area contributed by atoms with Gasteiger partial charge in [-0.25, -0.2) is 24.0 Å². The minimum atomic E-state index is -3.60. The van der Waals surface area contributed by atoms with Gasteiger partial charge in [-0.15, -0.1) is 0 Å². The third-order valence-electron chi connectivity index (χ3n) is 2.52. The zero-order valence-corrected chi connectivity index (χ0v) is 11.9. The third kappa shape index (κ3) is 4.75. The van der Waals surface area contributed by atoms with E-state index >= 15 is 0 Å². The number of methoxy groups -OCH3 is 1. The zero-order valence-electron chi connectivity index (χ0n) is 11.1. The number of sulfonamides is 1. The van der Waals surface area contributed by atoms with Gasteiger partial charge in [-0.05, 0) is 12.5 Å². The van der Waals surface area contributed by atoms with E-state index < -0.39 is 10.0 Å². The normalized spacial score (nSPS) is 13.2. The second kappa shape index (κ2) is 7.39. The maximum Gasteiger partial charge on any atom is 0.241 e. The van der Waals surface area contributed by atoms with Crippen molar-refractivity contribution in [1.82, 2.24) is 9.71 Å². The minimum Gasteiger partial charge on any atom is -0.383 e. The number of pyridine rings is 1. The quantitative estimate of drug-likeness (QED) is 0.474. The van der Waals surface area contributed by atoms with E-state index in [1.165, 1.54) is 18.3 Å². The van der Waals surface area contributed by atoms with Crippen LogP contribution in [-0.2, 0) is 14.8 Å². The maximum atomic E-state index is 12.2. The highest BCUT2D eigenvalue weighted by Crippen LogP contribution is 2.13. The lowest BCUT2D eigenvalue weighted by Gasteiger charge is -2.17. The summed E-state index contributed by atoms with van der Waals surface area (Å²) in [5.74, 6) is 5.50. The van der Waals surface area contributed by atoms with Crippen LogP contribution in [-0.4, -0.2) is 33.2 Å². The van der Waals surface area contributed by atoms with Crippen LogP contribution in [0.1, 0.15) is 19.8 Å². The molecule has 0 radical (unpaired) electrons. The molecule has 7 nitrogen and oxygen atoms in total. The second-order valence-electron chi connectivity index (χ2n) is 4.08. The van der Waals surface area contributed by atoms with Crippen LogP contribution in [0.4, 0.5) is 5.82 Å². The molecule has 0 saturated carbocycles. The molecule has 0 aromatic carbocycles. The van der Waals surface area contributed by atoms with Crippen LogP contribution in [0.2, 0.25) is 0 Å². The number of nitrogens with one attached hydrogen (secondary N) is 2. The Hall–Kier alpha value is -1.22. The molecular weight excluding hydrogens is 268 g/mol. The lowest BCUT2D eigenvalue weighted by molar-refractivity contribution is 0.171. The Balaban J connectivity index is 2.89. The van der Waals surface area contributed by atoms with E-state index in [4.69, 9.17) is 10.6 Å². The first kappa shape index (κ1) is 15.8. The summed E-state index contributed by atoms with van der Waals surface area (Å²) in [6.07, 6.45) is 2.96. The van der Waals surface area contributed by atoms with Crippen molar-refractivity contribution in [2.75, 3.05) is 19.1 Å². The van der Waals surface area contributed by atoms with Gasteiger partial charge >= 0.3 is 0 Å². The summed E-state index contributed by atoms with van der Waals surface area (Å²) in [7, 11) is -2.06. The minimum absolute atomic E-state index is 0.118. The number of hydrogen-bond donors (Lipinski definition) is 3. The Morgan fingerprint density at radius 3 is 2.84 bits per heavy atom. The molecule has 0 aliphatic heterocycles. The lowest BCUT2D eigenvalue weighted by atomic mass is 10.2. The van der Waals surface area contributed by atoms with Crippen molar-refractivity contribution in [3.8, 4) is 0 Å². The van der Waals surface area contributed by atoms with Gasteiger partial charge in [-0.3, -0.25) is 0 Å². The average molecular weight is 288 g/mol. The molecular formula is C11H20N4O3S. The summed E-state index contributed by atoms with van der Waals surface area (Å²) >= 11 is 0. The van der Waals surface area contributed by atoms with Crippen LogP contribution in [0.25, 0.3) is 0 Å². The van der Waals surface area contributed by atoms with Crippen molar-refractivity contribution in [2.45, 2.75) is 30.7 Å².